The zero-order valence-electron chi connectivity index (χ0n) is 9.96. The second kappa shape index (κ2) is 4.17. The highest BCUT2D eigenvalue weighted by atomic mass is 16.3. The third kappa shape index (κ3) is 1.83. The molecule has 3 rings (SSSR count). The molecule has 0 unspecified atom stereocenters. The molecule has 0 atom stereocenters. The SMILES string of the molecule is Nc1cccc2oc(-c3ccccc3O)cc(=O)c12. The summed E-state index contributed by atoms with van der Waals surface area (Å²) in [5, 5.41) is 10.2. The predicted molar refractivity (Wildman–Crippen MR) is 74.0 cm³/mol. The summed E-state index contributed by atoms with van der Waals surface area (Å²) in [6, 6.07) is 13.1. The summed E-state index contributed by atoms with van der Waals surface area (Å²) in [6.45, 7) is 0. The maximum Gasteiger partial charge on any atom is 0.195 e. The standard InChI is InChI=1S/C15H11NO3/c16-10-5-3-7-13-15(10)12(18)8-14(19-13)9-4-1-2-6-11(9)17/h1-8,17H,16H2. The second-order valence-electron chi connectivity index (χ2n) is 4.21. The van der Waals surface area contributed by atoms with Crippen LogP contribution in [0.25, 0.3) is 22.3 Å². The number of fused-ring (bicyclic) bond motifs is 1. The Morgan fingerprint density at radius 1 is 1.05 bits per heavy atom. The van der Waals surface area contributed by atoms with E-state index < -0.39 is 0 Å². The molecular weight excluding hydrogens is 242 g/mol. The number of phenols is 1. The fraction of sp³-hybridized carbons (Fsp3) is 0. The number of anilines is 1. The highest BCUT2D eigenvalue weighted by Crippen LogP contribution is 2.30. The second-order valence-corrected chi connectivity index (χ2v) is 4.21. The van der Waals surface area contributed by atoms with Crippen LogP contribution in [0.2, 0.25) is 0 Å². The number of phenolic OH excluding ortho intramolecular Hbond substituents is 1. The Bertz CT molecular complexity index is 821. The van der Waals surface area contributed by atoms with E-state index in [4.69, 9.17) is 10.2 Å². The van der Waals surface area contributed by atoms with Crippen molar-refractivity contribution in [3.8, 4) is 17.1 Å². The summed E-state index contributed by atoms with van der Waals surface area (Å²) >= 11 is 0. The van der Waals surface area contributed by atoms with Gasteiger partial charge in [0.05, 0.1) is 10.9 Å². The van der Waals surface area contributed by atoms with Crippen LogP contribution in [-0.2, 0) is 0 Å². The van der Waals surface area contributed by atoms with Crippen molar-refractivity contribution in [1.29, 1.82) is 0 Å². The molecule has 3 aromatic rings. The van der Waals surface area contributed by atoms with E-state index in [1.807, 2.05) is 0 Å². The monoisotopic (exact) mass is 253 g/mol. The van der Waals surface area contributed by atoms with Gasteiger partial charge in [-0.1, -0.05) is 18.2 Å². The lowest BCUT2D eigenvalue weighted by atomic mass is 10.1. The fourth-order valence-corrected chi connectivity index (χ4v) is 2.05. The minimum absolute atomic E-state index is 0.0638. The van der Waals surface area contributed by atoms with E-state index in [-0.39, 0.29) is 11.2 Å². The van der Waals surface area contributed by atoms with Crippen molar-refractivity contribution < 1.29 is 9.52 Å². The van der Waals surface area contributed by atoms with Crippen molar-refractivity contribution in [2.75, 3.05) is 5.73 Å². The number of hydrogen-bond donors (Lipinski definition) is 2. The lowest BCUT2D eigenvalue weighted by Gasteiger charge is -2.06. The first kappa shape index (κ1) is 11.3. The molecule has 1 heterocycles. The first-order valence-corrected chi connectivity index (χ1v) is 5.77. The van der Waals surface area contributed by atoms with Crippen molar-refractivity contribution in [3.05, 3.63) is 58.8 Å². The van der Waals surface area contributed by atoms with E-state index in [9.17, 15) is 9.90 Å². The summed E-state index contributed by atoms with van der Waals surface area (Å²) in [4.78, 5) is 12.1. The smallest absolute Gasteiger partial charge is 0.195 e. The average molecular weight is 253 g/mol. The molecule has 4 heteroatoms. The van der Waals surface area contributed by atoms with E-state index in [0.29, 0.717) is 28.0 Å². The third-order valence-corrected chi connectivity index (χ3v) is 2.96. The van der Waals surface area contributed by atoms with Gasteiger partial charge in [0, 0.05) is 11.8 Å². The van der Waals surface area contributed by atoms with Crippen molar-refractivity contribution >= 4 is 16.7 Å². The van der Waals surface area contributed by atoms with Crippen LogP contribution in [0.4, 0.5) is 5.69 Å². The maximum absolute atomic E-state index is 12.1. The van der Waals surface area contributed by atoms with Crippen LogP contribution in [0.5, 0.6) is 5.75 Å². The highest BCUT2D eigenvalue weighted by molar-refractivity contribution is 5.89. The van der Waals surface area contributed by atoms with Crippen LogP contribution in [0, 0.1) is 0 Å². The summed E-state index contributed by atoms with van der Waals surface area (Å²) < 4.78 is 5.65. The summed E-state index contributed by atoms with van der Waals surface area (Å²) in [7, 11) is 0. The van der Waals surface area contributed by atoms with Crippen LogP contribution in [-0.4, -0.2) is 5.11 Å². The van der Waals surface area contributed by atoms with Gasteiger partial charge in [0.15, 0.2) is 5.43 Å². The average Bonchev–Trinajstić information content (AvgIpc) is 2.39. The molecule has 0 bridgehead atoms. The first-order chi connectivity index (χ1) is 9.16. The van der Waals surface area contributed by atoms with Crippen molar-refractivity contribution in [3.63, 3.8) is 0 Å². The molecule has 0 fully saturated rings. The summed E-state index contributed by atoms with van der Waals surface area (Å²) in [6.07, 6.45) is 0. The Morgan fingerprint density at radius 2 is 1.84 bits per heavy atom. The number of hydrogen-bond acceptors (Lipinski definition) is 4. The van der Waals surface area contributed by atoms with Gasteiger partial charge in [-0.15, -0.1) is 0 Å². The molecule has 1 aromatic heterocycles. The Kier molecular flexibility index (Phi) is 2.49. The molecule has 0 spiro atoms. The quantitative estimate of drug-likeness (QED) is 0.654. The summed E-state index contributed by atoms with van der Waals surface area (Å²) in [5.41, 5.74) is 6.81. The Morgan fingerprint density at radius 3 is 2.63 bits per heavy atom. The van der Waals surface area contributed by atoms with Crippen LogP contribution >= 0.6 is 0 Å². The van der Waals surface area contributed by atoms with Gasteiger partial charge in [-0.25, -0.2) is 0 Å². The van der Waals surface area contributed by atoms with Crippen LogP contribution in [0.15, 0.2) is 57.7 Å². The van der Waals surface area contributed by atoms with Crippen LogP contribution < -0.4 is 11.2 Å². The molecule has 0 saturated carbocycles. The van der Waals surface area contributed by atoms with Crippen molar-refractivity contribution in [2.45, 2.75) is 0 Å². The number of aromatic hydroxyl groups is 1. The molecule has 19 heavy (non-hydrogen) atoms. The van der Waals surface area contributed by atoms with E-state index in [2.05, 4.69) is 0 Å². The molecule has 0 aliphatic heterocycles. The third-order valence-electron chi connectivity index (χ3n) is 2.96. The molecule has 0 radical (unpaired) electrons. The largest absolute Gasteiger partial charge is 0.507 e. The van der Waals surface area contributed by atoms with E-state index in [1.54, 1.807) is 42.5 Å². The highest BCUT2D eigenvalue weighted by Gasteiger charge is 2.11. The summed E-state index contributed by atoms with van der Waals surface area (Å²) in [5.74, 6) is 0.384. The van der Waals surface area contributed by atoms with Crippen molar-refractivity contribution in [2.24, 2.45) is 0 Å². The van der Waals surface area contributed by atoms with Gasteiger partial charge in [-0.2, -0.15) is 0 Å². The molecule has 0 aliphatic carbocycles. The first-order valence-electron chi connectivity index (χ1n) is 5.77. The lowest BCUT2D eigenvalue weighted by molar-refractivity contribution is 0.474. The number of nitrogen functional groups attached to an aromatic ring is 1. The van der Waals surface area contributed by atoms with Gasteiger partial charge in [0.25, 0.3) is 0 Å². The molecule has 0 saturated heterocycles. The number of rotatable bonds is 1. The predicted octanol–water partition coefficient (Wildman–Crippen LogP) is 2.75. The minimum atomic E-state index is -0.224. The normalized spacial score (nSPS) is 10.7. The Hall–Kier alpha value is -2.75. The van der Waals surface area contributed by atoms with Gasteiger partial charge >= 0.3 is 0 Å². The van der Waals surface area contributed by atoms with Crippen LogP contribution in [0.3, 0.4) is 0 Å². The number of nitrogens with two attached hydrogens (primary N) is 1. The van der Waals surface area contributed by atoms with Crippen molar-refractivity contribution in [1.82, 2.24) is 0 Å². The van der Waals surface area contributed by atoms with Gasteiger partial charge in [0.1, 0.15) is 17.1 Å². The molecule has 2 aromatic carbocycles. The van der Waals surface area contributed by atoms with E-state index in [0.717, 1.165) is 0 Å². The van der Waals surface area contributed by atoms with Gasteiger partial charge in [-0.05, 0) is 24.3 Å². The Balaban J connectivity index is 2.34. The maximum atomic E-state index is 12.1. The van der Waals surface area contributed by atoms with Gasteiger partial charge in [-0.3, -0.25) is 4.79 Å². The molecule has 4 nitrogen and oxygen atoms in total. The zero-order valence-corrected chi connectivity index (χ0v) is 9.96. The zero-order chi connectivity index (χ0) is 13.4. The van der Waals surface area contributed by atoms with E-state index in [1.165, 1.54) is 6.07 Å². The minimum Gasteiger partial charge on any atom is -0.507 e. The number of benzene rings is 2. The fourth-order valence-electron chi connectivity index (χ4n) is 2.05. The molecule has 0 aliphatic rings. The molecular formula is C15H11NO3. The topological polar surface area (TPSA) is 76.5 Å². The van der Waals surface area contributed by atoms with Gasteiger partial charge < -0.3 is 15.3 Å². The molecule has 3 N–H and O–H groups in total. The lowest BCUT2D eigenvalue weighted by Crippen LogP contribution is -2.03. The Labute approximate surface area is 108 Å². The van der Waals surface area contributed by atoms with Gasteiger partial charge in [0.2, 0.25) is 0 Å². The molecule has 0 amide bonds. The number of para-hydroxylation sites is 1. The molecule has 94 valence electrons. The van der Waals surface area contributed by atoms with E-state index >= 15 is 0 Å². The van der Waals surface area contributed by atoms with Crippen LogP contribution in [0.1, 0.15) is 0 Å².